The number of piperidine rings is 1. The Morgan fingerprint density at radius 2 is 2.11 bits per heavy atom. The van der Waals surface area contributed by atoms with Gasteiger partial charge in [0.2, 0.25) is 5.91 Å². The molecule has 5 nitrogen and oxygen atoms in total. The molecule has 110 valence electrons. The van der Waals surface area contributed by atoms with Crippen LogP contribution in [-0.2, 0) is 9.59 Å². The first-order valence-electron chi connectivity index (χ1n) is 7.10. The summed E-state index contributed by atoms with van der Waals surface area (Å²) in [6, 6.07) is 0. The molecule has 0 bridgehead atoms. The number of hydrogen-bond acceptors (Lipinski definition) is 3. The Kier molecular flexibility index (Phi) is 6.28. The number of hydrogen-bond donors (Lipinski definition) is 2. The number of rotatable bonds is 6. The van der Waals surface area contributed by atoms with Gasteiger partial charge >= 0.3 is 5.97 Å². The van der Waals surface area contributed by atoms with Crippen molar-refractivity contribution in [1.29, 1.82) is 0 Å². The molecule has 1 rings (SSSR count). The molecule has 0 saturated carbocycles. The van der Waals surface area contributed by atoms with E-state index in [0.29, 0.717) is 19.0 Å². The van der Waals surface area contributed by atoms with E-state index in [9.17, 15) is 9.59 Å². The Hall–Kier alpha value is -1.10. The molecule has 0 aromatic heterocycles. The van der Waals surface area contributed by atoms with Gasteiger partial charge in [0.25, 0.3) is 0 Å². The molecule has 1 heterocycles. The van der Waals surface area contributed by atoms with Gasteiger partial charge < -0.3 is 15.3 Å². The maximum atomic E-state index is 12.2. The lowest BCUT2D eigenvalue weighted by atomic mass is 9.84. The predicted molar refractivity (Wildman–Crippen MR) is 73.8 cm³/mol. The number of carbonyl (C=O) groups excluding carboxylic acids is 1. The molecule has 0 aliphatic carbocycles. The van der Waals surface area contributed by atoms with Gasteiger partial charge in [0.15, 0.2) is 0 Å². The van der Waals surface area contributed by atoms with Crippen LogP contribution in [0.4, 0.5) is 0 Å². The smallest absolute Gasteiger partial charge is 0.303 e. The summed E-state index contributed by atoms with van der Waals surface area (Å²) >= 11 is 0. The summed E-state index contributed by atoms with van der Waals surface area (Å²) in [6.07, 6.45) is 2.20. The molecule has 0 radical (unpaired) electrons. The third-order valence-electron chi connectivity index (χ3n) is 4.00. The molecule has 1 amide bonds. The summed E-state index contributed by atoms with van der Waals surface area (Å²) in [5, 5.41) is 11.9. The van der Waals surface area contributed by atoms with Crippen molar-refractivity contribution in [2.24, 2.45) is 17.8 Å². The number of nitrogens with one attached hydrogen (secondary N) is 1. The summed E-state index contributed by atoms with van der Waals surface area (Å²) in [6.45, 7) is 6.11. The Morgan fingerprint density at radius 1 is 1.42 bits per heavy atom. The van der Waals surface area contributed by atoms with Gasteiger partial charge in [0.05, 0.1) is 0 Å². The fourth-order valence-corrected chi connectivity index (χ4v) is 2.82. The third kappa shape index (κ3) is 4.82. The van der Waals surface area contributed by atoms with Crippen molar-refractivity contribution in [3.63, 3.8) is 0 Å². The maximum Gasteiger partial charge on any atom is 0.303 e. The molecule has 1 aliphatic rings. The fourth-order valence-electron chi connectivity index (χ4n) is 2.82. The van der Waals surface area contributed by atoms with Gasteiger partial charge in [-0.2, -0.15) is 0 Å². The fraction of sp³-hybridized carbons (Fsp3) is 0.857. The highest BCUT2D eigenvalue weighted by Gasteiger charge is 2.29. The van der Waals surface area contributed by atoms with Gasteiger partial charge in [-0.05, 0) is 31.7 Å². The third-order valence-corrected chi connectivity index (χ3v) is 4.00. The van der Waals surface area contributed by atoms with Crippen LogP contribution in [0.3, 0.4) is 0 Å². The number of amides is 1. The van der Waals surface area contributed by atoms with Crippen molar-refractivity contribution in [1.82, 2.24) is 10.2 Å². The van der Waals surface area contributed by atoms with E-state index in [4.69, 9.17) is 5.11 Å². The average Bonchev–Trinajstić information content (AvgIpc) is 2.37. The molecule has 3 unspecified atom stereocenters. The minimum atomic E-state index is -0.750. The zero-order valence-electron chi connectivity index (χ0n) is 12.2. The van der Waals surface area contributed by atoms with Crippen molar-refractivity contribution in [2.75, 3.05) is 26.7 Å². The van der Waals surface area contributed by atoms with E-state index in [-0.39, 0.29) is 24.2 Å². The number of carboxylic acids is 1. The average molecular weight is 270 g/mol. The van der Waals surface area contributed by atoms with Crippen molar-refractivity contribution in [3.05, 3.63) is 0 Å². The van der Waals surface area contributed by atoms with Gasteiger partial charge in [-0.3, -0.25) is 9.59 Å². The molecule has 2 N–H and O–H groups in total. The number of carbonyl (C=O) groups is 2. The first-order chi connectivity index (χ1) is 8.95. The molecular formula is C14H26N2O3. The van der Waals surface area contributed by atoms with E-state index in [1.807, 2.05) is 25.8 Å². The molecule has 1 fully saturated rings. The Balaban J connectivity index is 2.54. The maximum absolute atomic E-state index is 12.2. The number of carboxylic acid groups (broad SMARTS) is 1. The molecule has 19 heavy (non-hydrogen) atoms. The normalized spacial score (nSPS) is 22.9. The highest BCUT2D eigenvalue weighted by Crippen LogP contribution is 2.26. The Morgan fingerprint density at radius 3 is 2.68 bits per heavy atom. The first kappa shape index (κ1) is 16.0. The second-order valence-corrected chi connectivity index (χ2v) is 5.72. The zero-order chi connectivity index (χ0) is 14.4. The molecular weight excluding hydrogens is 244 g/mol. The minimum Gasteiger partial charge on any atom is -0.481 e. The van der Waals surface area contributed by atoms with Crippen LogP contribution in [-0.4, -0.2) is 48.6 Å². The van der Waals surface area contributed by atoms with Gasteiger partial charge in [-0.25, -0.2) is 0 Å². The van der Waals surface area contributed by atoms with Crippen molar-refractivity contribution in [3.8, 4) is 0 Å². The van der Waals surface area contributed by atoms with Gasteiger partial charge in [0.1, 0.15) is 0 Å². The van der Waals surface area contributed by atoms with Crippen molar-refractivity contribution in [2.45, 2.75) is 33.1 Å². The second-order valence-electron chi connectivity index (χ2n) is 5.72. The number of likely N-dealkylation sites (tertiary alicyclic amines) is 1. The van der Waals surface area contributed by atoms with E-state index in [0.717, 1.165) is 19.4 Å². The van der Waals surface area contributed by atoms with Gasteiger partial charge in [-0.1, -0.05) is 13.8 Å². The molecule has 5 heteroatoms. The van der Waals surface area contributed by atoms with Crippen LogP contribution in [0.1, 0.15) is 33.1 Å². The number of aliphatic carboxylic acids is 1. The highest BCUT2D eigenvalue weighted by atomic mass is 16.4. The van der Waals surface area contributed by atoms with E-state index in [1.165, 1.54) is 0 Å². The van der Waals surface area contributed by atoms with Crippen LogP contribution >= 0.6 is 0 Å². The van der Waals surface area contributed by atoms with Crippen molar-refractivity contribution < 1.29 is 14.7 Å². The summed E-state index contributed by atoms with van der Waals surface area (Å²) in [5.74, 6) is -0.136. The molecule has 0 aromatic carbocycles. The number of nitrogens with zero attached hydrogens (tertiary/aromatic N) is 1. The lowest BCUT2D eigenvalue weighted by Crippen LogP contribution is -2.45. The summed E-state index contributed by atoms with van der Waals surface area (Å²) in [4.78, 5) is 24.9. The van der Waals surface area contributed by atoms with Crippen LogP contribution in [0.25, 0.3) is 0 Å². The lowest BCUT2D eigenvalue weighted by Gasteiger charge is -2.36. The van der Waals surface area contributed by atoms with Crippen molar-refractivity contribution >= 4 is 11.9 Å². The van der Waals surface area contributed by atoms with E-state index < -0.39 is 5.97 Å². The Labute approximate surface area is 115 Å². The van der Waals surface area contributed by atoms with Crippen LogP contribution in [0, 0.1) is 17.8 Å². The quantitative estimate of drug-likeness (QED) is 0.760. The van der Waals surface area contributed by atoms with Gasteiger partial charge in [0, 0.05) is 32.0 Å². The predicted octanol–water partition coefficient (Wildman–Crippen LogP) is 1.19. The molecule has 0 spiro atoms. The lowest BCUT2D eigenvalue weighted by molar-refractivity contribution is -0.139. The summed E-state index contributed by atoms with van der Waals surface area (Å²) in [7, 11) is 1.84. The molecule has 1 saturated heterocycles. The topological polar surface area (TPSA) is 69.6 Å². The second kappa shape index (κ2) is 7.48. The minimum absolute atomic E-state index is 0.0153. The van der Waals surface area contributed by atoms with Gasteiger partial charge in [-0.15, -0.1) is 0 Å². The van der Waals surface area contributed by atoms with Crippen LogP contribution < -0.4 is 5.32 Å². The Bertz CT molecular complexity index is 320. The van der Waals surface area contributed by atoms with E-state index >= 15 is 0 Å². The highest BCUT2D eigenvalue weighted by molar-refractivity contribution is 5.78. The molecule has 0 aromatic rings. The van der Waals surface area contributed by atoms with Crippen LogP contribution in [0.15, 0.2) is 0 Å². The van der Waals surface area contributed by atoms with E-state index in [1.54, 1.807) is 0 Å². The summed E-state index contributed by atoms with van der Waals surface area (Å²) in [5.41, 5.74) is 0. The zero-order valence-corrected chi connectivity index (χ0v) is 12.2. The summed E-state index contributed by atoms with van der Waals surface area (Å²) < 4.78 is 0. The molecule has 3 atom stereocenters. The largest absolute Gasteiger partial charge is 0.481 e. The standard InChI is InChI=1S/C14H26N2O3/c1-10(7-13(17)18)12-5-4-6-16(9-12)14(19)11(2)8-15-3/h10-12,15H,4-9H2,1-3H3,(H,17,18). The molecule has 1 aliphatic heterocycles. The van der Waals surface area contributed by atoms with Crippen LogP contribution in [0.5, 0.6) is 0 Å². The SMILES string of the molecule is CNCC(C)C(=O)N1CCCC(C(C)CC(=O)O)C1. The van der Waals surface area contributed by atoms with Crippen LogP contribution in [0.2, 0.25) is 0 Å². The van der Waals surface area contributed by atoms with E-state index in [2.05, 4.69) is 5.32 Å². The first-order valence-corrected chi connectivity index (χ1v) is 7.10. The monoisotopic (exact) mass is 270 g/mol.